The molecule has 0 spiro atoms. The van der Waals surface area contributed by atoms with Gasteiger partial charge in [0.05, 0.1) is 13.2 Å². The molecule has 2 heteroatoms. The summed E-state index contributed by atoms with van der Waals surface area (Å²) in [7, 11) is 0. The second kappa shape index (κ2) is 12.9. The van der Waals surface area contributed by atoms with Crippen LogP contribution in [0.25, 0.3) is 0 Å². The number of hydrogen-bond donors (Lipinski definition) is 0. The van der Waals surface area contributed by atoms with Gasteiger partial charge in [0.15, 0.2) is 0 Å². The van der Waals surface area contributed by atoms with E-state index in [9.17, 15) is 0 Å². The highest BCUT2D eigenvalue weighted by Crippen LogP contribution is 2.11. The molecule has 1 fully saturated rings. The summed E-state index contributed by atoms with van der Waals surface area (Å²) in [5.74, 6) is 0. The third kappa shape index (κ3) is 10.4. The standard InChI is InChI=1S/C17H35NO/c1-2-3-4-5-6-7-8-9-10-11-12-13-18-14-16-19-17-15-18/h2-17H2,1H3. The van der Waals surface area contributed by atoms with Crippen molar-refractivity contribution in [2.45, 2.75) is 77.6 Å². The Hall–Kier alpha value is -0.0800. The van der Waals surface area contributed by atoms with E-state index >= 15 is 0 Å². The third-order valence-electron chi connectivity index (χ3n) is 4.18. The van der Waals surface area contributed by atoms with Crippen molar-refractivity contribution in [2.24, 2.45) is 0 Å². The first-order valence-corrected chi connectivity index (χ1v) is 8.73. The van der Waals surface area contributed by atoms with Crippen LogP contribution in [0, 0.1) is 0 Å². The molecule has 0 atom stereocenters. The zero-order chi connectivity index (χ0) is 13.6. The van der Waals surface area contributed by atoms with Gasteiger partial charge in [0.25, 0.3) is 0 Å². The van der Waals surface area contributed by atoms with E-state index in [0.717, 1.165) is 26.3 Å². The van der Waals surface area contributed by atoms with Crippen LogP contribution in [-0.4, -0.2) is 37.7 Å². The lowest BCUT2D eigenvalue weighted by atomic mass is 10.1. The highest BCUT2D eigenvalue weighted by atomic mass is 16.5. The fraction of sp³-hybridized carbons (Fsp3) is 1.00. The molecule has 1 saturated heterocycles. The van der Waals surface area contributed by atoms with Gasteiger partial charge in [0.1, 0.15) is 0 Å². The van der Waals surface area contributed by atoms with Crippen LogP contribution in [0.4, 0.5) is 0 Å². The molecule has 0 aliphatic carbocycles. The molecule has 0 radical (unpaired) electrons. The largest absolute Gasteiger partial charge is 0.379 e. The molecule has 2 nitrogen and oxygen atoms in total. The van der Waals surface area contributed by atoms with E-state index in [0.29, 0.717) is 0 Å². The topological polar surface area (TPSA) is 12.5 Å². The quantitative estimate of drug-likeness (QED) is 0.479. The summed E-state index contributed by atoms with van der Waals surface area (Å²) in [5, 5.41) is 0. The van der Waals surface area contributed by atoms with Crippen LogP contribution in [0.3, 0.4) is 0 Å². The predicted molar refractivity (Wildman–Crippen MR) is 83.7 cm³/mol. The van der Waals surface area contributed by atoms with Gasteiger partial charge >= 0.3 is 0 Å². The van der Waals surface area contributed by atoms with E-state index in [1.54, 1.807) is 0 Å². The summed E-state index contributed by atoms with van der Waals surface area (Å²) < 4.78 is 5.36. The molecule has 1 heterocycles. The zero-order valence-corrected chi connectivity index (χ0v) is 13.2. The lowest BCUT2D eigenvalue weighted by Crippen LogP contribution is -2.36. The predicted octanol–water partition coefficient (Wildman–Crippen LogP) is 4.63. The van der Waals surface area contributed by atoms with Crippen molar-refractivity contribution >= 4 is 0 Å². The maximum absolute atomic E-state index is 5.36. The fourth-order valence-electron chi connectivity index (χ4n) is 2.82. The lowest BCUT2D eigenvalue weighted by Gasteiger charge is -2.26. The Morgan fingerprint density at radius 2 is 1.16 bits per heavy atom. The molecular weight excluding hydrogens is 234 g/mol. The summed E-state index contributed by atoms with van der Waals surface area (Å²) in [6, 6.07) is 0. The summed E-state index contributed by atoms with van der Waals surface area (Å²) in [6.45, 7) is 7.77. The summed E-state index contributed by atoms with van der Waals surface area (Å²) in [6.07, 6.45) is 15.8. The van der Waals surface area contributed by atoms with Crippen molar-refractivity contribution in [3.8, 4) is 0 Å². The second-order valence-electron chi connectivity index (χ2n) is 5.99. The molecule has 0 amide bonds. The van der Waals surface area contributed by atoms with Crippen molar-refractivity contribution in [3.63, 3.8) is 0 Å². The Bertz CT molecular complexity index is 178. The number of unbranched alkanes of at least 4 members (excludes halogenated alkanes) is 10. The smallest absolute Gasteiger partial charge is 0.0594 e. The van der Waals surface area contributed by atoms with Crippen molar-refractivity contribution in [1.29, 1.82) is 0 Å². The molecular formula is C17H35NO. The summed E-state index contributed by atoms with van der Waals surface area (Å²) in [4.78, 5) is 2.55. The number of nitrogens with zero attached hydrogens (tertiary/aromatic N) is 1. The van der Waals surface area contributed by atoms with Gasteiger partial charge in [0.2, 0.25) is 0 Å². The molecule has 1 aliphatic rings. The van der Waals surface area contributed by atoms with Gasteiger partial charge in [-0.05, 0) is 13.0 Å². The van der Waals surface area contributed by atoms with E-state index in [4.69, 9.17) is 4.74 Å². The molecule has 0 aromatic rings. The summed E-state index contributed by atoms with van der Waals surface area (Å²) in [5.41, 5.74) is 0. The minimum absolute atomic E-state index is 0.942. The lowest BCUT2D eigenvalue weighted by molar-refractivity contribution is 0.0371. The summed E-state index contributed by atoms with van der Waals surface area (Å²) >= 11 is 0. The highest BCUT2D eigenvalue weighted by molar-refractivity contribution is 4.61. The number of morpholine rings is 1. The average molecular weight is 269 g/mol. The monoisotopic (exact) mass is 269 g/mol. The highest BCUT2D eigenvalue weighted by Gasteiger charge is 2.08. The Morgan fingerprint density at radius 1 is 0.684 bits per heavy atom. The van der Waals surface area contributed by atoms with Crippen LogP contribution in [0.1, 0.15) is 77.6 Å². The van der Waals surface area contributed by atoms with E-state index in [2.05, 4.69) is 11.8 Å². The van der Waals surface area contributed by atoms with Crippen LogP contribution in [-0.2, 0) is 4.74 Å². The average Bonchev–Trinajstić information content (AvgIpc) is 2.46. The van der Waals surface area contributed by atoms with Crippen molar-refractivity contribution in [1.82, 2.24) is 4.90 Å². The van der Waals surface area contributed by atoms with Crippen LogP contribution in [0.5, 0.6) is 0 Å². The SMILES string of the molecule is CCCCCCCCCCCCCN1CCOCC1. The molecule has 0 aromatic carbocycles. The van der Waals surface area contributed by atoms with Gasteiger partial charge in [0, 0.05) is 13.1 Å². The van der Waals surface area contributed by atoms with Crippen molar-refractivity contribution in [2.75, 3.05) is 32.8 Å². The Balaban J connectivity index is 1.71. The van der Waals surface area contributed by atoms with Crippen LogP contribution < -0.4 is 0 Å². The molecule has 0 N–H and O–H groups in total. The molecule has 0 saturated carbocycles. The molecule has 1 aliphatic heterocycles. The van der Waals surface area contributed by atoms with Crippen LogP contribution in [0.15, 0.2) is 0 Å². The molecule has 0 aromatic heterocycles. The van der Waals surface area contributed by atoms with Gasteiger partial charge in [-0.1, -0.05) is 71.1 Å². The van der Waals surface area contributed by atoms with E-state index in [-0.39, 0.29) is 0 Å². The Kier molecular flexibility index (Phi) is 11.5. The maximum atomic E-state index is 5.36. The van der Waals surface area contributed by atoms with Crippen LogP contribution >= 0.6 is 0 Å². The molecule has 19 heavy (non-hydrogen) atoms. The van der Waals surface area contributed by atoms with E-state index in [1.807, 2.05) is 0 Å². The van der Waals surface area contributed by atoms with Gasteiger partial charge < -0.3 is 4.74 Å². The van der Waals surface area contributed by atoms with Gasteiger partial charge in [-0.3, -0.25) is 4.90 Å². The maximum Gasteiger partial charge on any atom is 0.0594 e. The van der Waals surface area contributed by atoms with Crippen molar-refractivity contribution in [3.05, 3.63) is 0 Å². The van der Waals surface area contributed by atoms with Crippen molar-refractivity contribution < 1.29 is 4.74 Å². The Morgan fingerprint density at radius 3 is 1.68 bits per heavy atom. The first-order valence-electron chi connectivity index (χ1n) is 8.73. The molecule has 114 valence electrons. The minimum Gasteiger partial charge on any atom is -0.379 e. The minimum atomic E-state index is 0.942. The third-order valence-corrected chi connectivity index (χ3v) is 4.18. The Labute approximate surface area is 120 Å². The first-order chi connectivity index (χ1) is 9.43. The molecule has 0 bridgehead atoms. The first kappa shape index (κ1) is 17.0. The van der Waals surface area contributed by atoms with Crippen LogP contribution in [0.2, 0.25) is 0 Å². The number of ether oxygens (including phenoxy) is 1. The fourth-order valence-corrected chi connectivity index (χ4v) is 2.82. The van der Waals surface area contributed by atoms with Gasteiger partial charge in [-0.15, -0.1) is 0 Å². The van der Waals surface area contributed by atoms with Gasteiger partial charge in [-0.2, -0.15) is 0 Å². The van der Waals surface area contributed by atoms with E-state index < -0.39 is 0 Å². The van der Waals surface area contributed by atoms with E-state index in [1.165, 1.54) is 77.2 Å². The molecule has 0 unspecified atom stereocenters. The number of hydrogen-bond acceptors (Lipinski definition) is 2. The zero-order valence-electron chi connectivity index (χ0n) is 13.2. The number of rotatable bonds is 12. The second-order valence-corrected chi connectivity index (χ2v) is 5.99. The normalized spacial score (nSPS) is 16.9. The molecule has 1 rings (SSSR count). The van der Waals surface area contributed by atoms with Gasteiger partial charge in [-0.25, -0.2) is 0 Å².